The summed E-state index contributed by atoms with van der Waals surface area (Å²) in [6, 6.07) is 8.25. The monoisotopic (exact) mass is 287 g/mol. The van der Waals surface area contributed by atoms with Crippen LogP contribution in [0.1, 0.15) is 16.7 Å². The van der Waals surface area contributed by atoms with Crippen molar-refractivity contribution in [1.82, 2.24) is 19.6 Å². The molecule has 0 aliphatic rings. The lowest BCUT2D eigenvalue weighted by Gasteiger charge is -2.12. The van der Waals surface area contributed by atoms with E-state index < -0.39 is 0 Å². The number of hydrogen-bond acceptors (Lipinski definition) is 4. The van der Waals surface area contributed by atoms with Gasteiger partial charge in [0, 0.05) is 12.1 Å². The van der Waals surface area contributed by atoms with Crippen molar-refractivity contribution in [2.24, 2.45) is 0 Å². The predicted octanol–water partition coefficient (Wildman–Crippen LogP) is 3.01. The van der Waals surface area contributed by atoms with Crippen LogP contribution in [0.4, 0.5) is 5.82 Å². The largest absolute Gasteiger partial charge is 0.366 e. The summed E-state index contributed by atoms with van der Waals surface area (Å²) in [6.07, 6.45) is 1.47. The number of nitrogens with one attached hydrogen (secondary N) is 1. The minimum Gasteiger partial charge on any atom is -0.366 e. The Morgan fingerprint density at radius 3 is 2.85 bits per heavy atom. The molecule has 0 fully saturated rings. The Kier molecular flexibility index (Phi) is 3.28. The lowest BCUT2D eigenvalue weighted by Crippen LogP contribution is -2.09. The van der Waals surface area contributed by atoms with Gasteiger partial charge < -0.3 is 5.32 Å². The number of aryl methyl sites for hydroxylation is 1. The molecule has 0 aliphatic heterocycles. The molecule has 5 nitrogen and oxygen atoms in total. The van der Waals surface area contributed by atoms with Gasteiger partial charge in [0.05, 0.1) is 0 Å². The molecule has 0 saturated heterocycles. The molecule has 102 valence electrons. The number of anilines is 1. The Hall–Kier alpha value is -2.14. The van der Waals surface area contributed by atoms with Crippen molar-refractivity contribution >= 4 is 23.2 Å². The highest BCUT2D eigenvalue weighted by atomic mass is 35.5. The first-order valence-electron chi connectivity index (χ1n) is 6.31. The molecule has 0 saturated carbocycles. The Balaban J connectivity index is 1.97. The molecule has 0 atom stereocenters. The normalized spacial score (nSPS) is 10.9. The number of rotatable bonds is 3. The second kappa shape index (κ2) is 5.09. The quantitative estimate of drug-likeness (QED) is 0.753. The van der Waals surface area contributed by atoms with Gasteiger partial charge in [-0.3, -0.25) is 0 Å². The van der Waals surface area contributed by atoms with Crippen LogP contribution in [-0.2, 0) is 6.54 Å². The minimum atomic E-state index is 0.442. The number of benzene rings is 1. The minimum absolute atomic E-state index is 0.442. The standard InChI is InChI=1S/C14H14ClN5/c1-9-5-3-4-6-11(9)7-16-13-10(2)12(15)19-14-17-8-18-20(13)14/h3-6,8,16H,7H2,1-2H3. The molecule has 3 rings (SSSR count). The lowest BCUT2D eigenvalue weighted by atomic mass is 10.1. The Morgan fingerprint density at radius 1 is 1.25 bits per heavy atom. The maximum atomic E-state index is 6.13. The number of nitrogens with zero attached hydrogens (tertiary/aromatic N) is 4. The third-order valence-electron chi connectivity index (χ3n) is 3.31. The number of fused-ring (bicyclic) bond motifs is 1. The van der Waals surface area contributed by atoms with Gasteiger partial charge in [0.1, 0.15) is 17.3 Å². The third-order valence-corrected chi connectivity index (χ3v) is 3.68. The highest BCUT2D eigenvalue weighted by molar-refractivity contribution is 6.30. The van der Waals surface area contributed by atoms with E-state index in [1.807, 2.05) is 19.1 Å². The van der Waals surface area contributed by atoms with Crippen molar-refractivity contribution in [3.63, 3.8) is 0 Å². The molecule has 1 N–H and O–H groups in total. The van der Waals surface area contributed by atoms with Gasteiger partial charge in [-0.25, -0.2) is 0 Å². The highest BCUT2D eigenvalue weighted by Gasteiger charge is 2.12. The second-order valence-corrected chi connectivity index (χ2v) is 4.99. The van der Waals surface area contributed by atoms with Gasteiger partial charge in [-0.2, -0.15) is 19.6 Å². The van der Waals surface area contributed by atoms with Crippen molar-refractivity contribution < 1.29 is 0 Å². The fourth-order valence-electron chi connectivity index (χ4n) is 2.09. The average molecular weight is 288 g/mol. The molecule has 0 bridgehead atoms. The van der Waals surface area contributed by atoms with Crippen molar-refractivity contribution in [3.8, 4) is 0 Å². The summed E-state index contributed by atoms with van der Waals surface area (Å²) in [5.74, 6) is 1.31. The maximum absolute atomic E-state index is 6.13. The van der Waals surface area contributed by atoms with Gasteiger partial charge in [-0.05, 0) is 25.0 Å². The topological polar surface area (TPSA) is 55.1 Å². The fourth-order valence-corrected chi connectivity index (χ4v) is 2.26. The van der Waals surface area contributed by atoms with E-state index in [4.69, 9.17) is 11.6 Å². The van der Waals surface area contributed by atoms with Crippen LogP contribution >= 0.6 is 11.6 Å². The van der Waals surface area contributed by atoms with Crippen LogP contribution < -0.4 is 5.32 Å². The summed E-state index contributed by atoms with van der Waals surface area (Å²) >= 11 is 6.13. The molecule has 6 heteroatoms. The molecular formula is C14H14ClN5. The first-order valence-corrected chi connectivity index (χ1v) is 6.69. The van der Waals surface area contributed by atoms with Crippen molar-refractivity contribution in [3.05, 3.63) is 52.4 Å². The third kappa shape index (κ3) is 2.20. The number of halogens is 1. The van der Waals surface area contributed by atoms with Crippen LogP contribution in [0, 0.1) is 13.8 Å². The van der Waals surface area contributed by atoms with Gasteiger partial charge in [0.25, 0.3) is 5.78 Å². The maximum Gasteiger partial charge on any atom is 0.255 e. The predicted molar refractivity (Wildman–Crippen MR) is 79.0 cm³/mol. The molecule has 0 spiro atoms. The van der Waals surface area contributed by atoms with Gasteiger partial charge >= 0.3 is 0 Å². The van der Waals surface area contributed by atoms with E-state index in [9.17, 15) is 0 Å². The molecule has 2 aromatic heterocycles. The molecule has 0 unspecified atom stereocenters. The van der Waals surface area contributed by atoms with Crippen LogP contribution in [0.25, 0.3) is 5.78 Å². The van der Waals surface area contributed by atoms with E-state index in [1.54, 1.807) is 4.52 Å². The molecule has 3 aromatic rings. The zero-order valence-corrected chi connectivity index (χ0v) is 12.0. The first-order chi connectivity index (χ1) is 9.66. The smallest absolute Gasteiger partial charge is 0.255 e. The van der Waals surface area contributed by atoms with Gasteiger partial charge in [-0.1, -0.05) is 35.9 Å². The fraction of sp³-hybridized carbons (Fsp3) is 0.214. The lowest BCUT2D eigenvalue weighted by molar-refractivity contribution is 0.913. The van der Waals surface area contributed by atoms with Crippen molar-refractivity contribution in [1.29, 1.82) is 0 Å². The van der Waals surface area contributed by atoms with Crippen molar-refractivity contribution in [2.45, 2.75) is 20.4 Å². The summed E-state index contributed by atoms with van der Waals surface area (Å²) < 4.78 is 1.67. The van der Waals surface area contributed by atoms with Crippen LogP contribution in [0.3, 0.4) is 0 Å². The van der Waals surface area contributed by atoms with E-state index in [2.05, 4.69) is 39.4 Å². The Morgan fingerprint density at radius 2 is 2.05 bits per heavy atom. The van der Waals surface area contributed by atoms with Crippen LogP contribution in [0.5, 0.6) is 0 Å². The van der Waals surface area contributed by atoms with Crippen LogP contribution in [0.2, 0.25) is 5.15 Å². The summed E-state index contributed by atoms with van der Waals surface area (Å²) in [7, 11) is 0. The molecule has 0 radical (unpaired) electrons. The Labute approximate surface area is 121 Å². The SMILES string of the molecule is Cc1ccccc1CNc1c(C)c(Cl)nc2ncnn12. The van der Waals surface area contributed by atoms with Gasteiger partial charge in [-0.15, -0.1) is 0 Å². The first kappa shape index (κ1) is 12.9. The number of aromatic nitrogens is 4. The molecule has 0 amide bonds. The summed E-state index contributed by atoms with van der Waals surface area (Å²) in [6.45, 7) is 4.70. The zero-order chi connectivity index (χ0) is 14.1. The van der Waals surface area contributed by atoms with E-state index in [1.165, 1.54) is 17.5 Å². The molecule has 20 heavy (non-hydrogen) atoms. The van der Waals surface area contributed by atoms with E-state index in [0.29, 0.717) is 17.5 Å². The molecule has 1 aromatic carbocycles. The molecule has 0 aliphatic carbocycles. The van der Waals surface area contributed by atoms with Gasteiger partial charge in [0.15, 0.2) is 0 Å². The second-order valence-electron chi connectivity index (χ2n) is 4.63. The average Bonchev–Trinajstić information content (AvgIpc) is 2.89. The summed E-state index contributed by atoms with van der Waals surface area (Å²) in [5.41, 5.74) is 3.33. The van der Waals surface area contributed by atoms with Crippen molar-refractivity contribution in [2.75, 3.05) is 5.32 Å². The number of hydrogen-bond donors (Lipinski definition) is 1. The van der Waals surface area contributed by atoms with E-state index in [-0.39, 0.29) is 0 Å². The van der Waals surface area contributed by atoms with E-state index in [0.717, 1.165) is 11.4 Å². The van der Waals surface area contributed by atoms with Crippen LogP contribution in [-0.4, -0.2) is 19.6 Å². The molecular weight excluding hydrogens is 274 g/mol. The zero-order valence-electron chi connectivity index (χ0n) is 11.3. The molecule has 2 heterocycles. The highest BCUT2D eigenvalue weighted by Crippen LogP contribution is 2.22. The summed E-state index contributed by atoms with van der Waals surface area (Å²) in [4.78, 5) is 8.25. The summed E-state index contributed by atoms with van der Waals surface area (Å²) in [5, 5.41) is 8.00. The van der Waals surface area contributed by atoms with Crippen LogP contribution in [0.15, 0.2) is 30.6 Å². The van der Waals surface area contributed by atoms with E-state index >= 15 is 0 Å². The van der Waals surface area contributed by atoms with Gasteiger partial charge in [0.2, 0.25) is 0 Å². The Bertz CT molecular complexity index is 765.